The minimum absolute atomic E-state index is 0.0708. The van der Waals surface area contributed by atoms with Crippen LogP contribution in [0.15, 0.2) is 24.3 Å². The van der Waals surface area contributed by atoms with E-state index < -0.39 is 0 Å². The van der Waals surface area contributed by atoms with Crippen molar-refractivity contribution < 1.29 is 14.6 Å². The molecule has 1 aromatic carbocycles. The van der Waals surface area contributed by atoms with Crippen LogP contribution in [0.2, 0.25) is 0 Å². The van der Waals surface area contributed by atoms with Gasteiger partial charge in [-0.2, -0.15) is 0 Å². The van der Waals surface area contributed by atoms with Crippen LogP contribution in [0.25, 0.3) is 11.0 Å². The summed E-state index contributed by atoms with van der Waals surface area (Å²) >= 11 is 0. The van der Waals surface area contributed by atoms with Gasteiger partial charge in [0, 0.05) is 13.5 Å². The Morgan fingerprint density at radius 3 is 2.89 bits per heavy atom. The average molecular weight is 262 g/mol. The fourth-order valence-corrected chi connectivity index (χ4v) is 2.08. The van der Waals surface area contributed by atoms with E-state index in [0.717, 1.165) is 30.4 Å². The molecule has 0 fully saturated rings. The number of aliphatic hydroxyl groups is 1. The van der Waals surface area contributed by atoms with Gasteiger partial charge in [-0.3, -0.25) is 4.79 Å². The molecule has 0 radical (unpaired) electrons. The number of rotatable bonds is 6. The zero-order valence-corrected chi connectivity index (χ0v) is 11.0. The molecule has 0 saturated carbocycles. The molecule has 0 saturated heterocycles. The molecule has 102 valence electrons. The molecule has 5 heteroatoms. The molecule has 1 heterocycles. The first-order chi connectivity index (χ1) is 9.22. The number of aryl methyl sites for hydroxylation is 1. The van der Waals surface area contributed by atoms with E-state index in [-0.39, 0.29) is 12.6 Å². The van der Waals surface area contributed by atoms with Crippen LogP contribution < -0.4 is 0 Å². The summed E-state index contributed by atoms with van der Waals surface area (Å²) in [5, 5.41) is 9.34. The highest BCUT2D eigenvalue weighted by atomic mass is 16.5. The largest absolute Gasteiger partial charge is 0.466 e. The summed E-state index contributed by atoms with van der Waals surface area (Å²) < 4.78 is 6.91. The molecular formula is C14H18N2O3. The van der Waals surface area contributed by atoms with E-state index in [1.807, 2.05) is 28.8 Å². The lowest BCUT2D eigenvalue weighted by atomic mass is 10.3. The van der Waals surface area contributed by atoms with Gasteiger partial charge in [0.25, 0.3) is 0 Å². The summed E-state index contributed by atoms with van der Waals surface area (Å²) in [5.41, 5.74) is 1.92. The second-order valence-electron chi connectivity index (χ2n) is 4.37. The number of ether oxygens (including phenoxy) is 1. The van der Waals surface area contributed by atoms with E-state index in [4.69, 9.17) is 4.74 Å². The van der Waals surface area contributed by atoms with Gasteiger partial charge in [-0.15, -0.1) is 0 Å². The fourth-order valence-electron chi connectivity index (χ4n) is 2.08. The molecule has 0 spiro atoms. The first-order valence-corrected chi connectivity index (χ1v) is 6.40. The monoisotopic (exact) mass is 262 g/mol. The number of benzene rings is 1. The maximum absolute atomic E-state index is 10.6. The number of imidazole rings is 1. The molecule has 0 unspecified atom stereocenters. The van der Waals surface area contributed by atoms with E-state index >= 15 is 0 Å². The van der Waals surface area contributed by atoms with Crippen LogP contribution >= 0.6 is 0 Å². The highest BCUT2D eigenvalue weighted by Crippen LogP contribution is 2.16. The third kappa shape index (κ3) is 3.32. The first-order valence-electron chi connectivity index (χ1n) is 6.40. The molecule has 0 aliphatic carbocycles. The lowest BCUT2D eigenvalue weighted by molar-refractivity contribution is -0.141. The highest BCUT2D eigenvalue weighted by molar-refractivity contribution is 5.75. The lowest BCUT2D eigenvalue weighted by Gasteiger charge is -2.07. The Bertz CT molecular complexity index is 563. The van der Waals surface area contributed by atoms with Crippen molar-refractivity contribution in [2.75, 3.05) is 6.61 Å². The number of carbonyl (C=O) groups excluding carboxylic acids is 1. The van der Waals surface area contributed by atoms with Crippen LogP contribution in [0.1, 0.15) is 25.6 Å². The second kappa shape index (κ2) is 6.33. The molecule has 0 bridgehead atoms. The SMILES string of the molecule is CC(=O)OCCCCn1c(CO)nc2ccccc21. The van der Waals surface area contributed by atoms with Crippen molar-refractivity contribution in [3.8, 4) is 0 Å². The summed E-state index contributed by atoms with van der Waals surface area (Å²) in [5.74, 6) is 0.429. The molecular weight excluding hydrogens is 244 g/mol. The lowest BCUT2D eigenvalue weighted by Crippen LogP contribution is -2.06. The van der Waals surface area contributed by atoms with Crippen LogP contribution in [0, 0.1) is 0 Å². The summed E-state index contributed by atoms with van der Waals surface area (Å²) in [6, 6.07) is 7.82. The summed E-state index contributed by atoms with van der Waals surface area (Å²) in [6.45, 7) is 2.54. The molecule has 0 aliphatic heterocycles. The molecule has 0 aliphatic rings. The summed E-state index contributed by atoms with van der Waals surface area (Å²) in [4.78, 5) is 15.0. The van der Waals surface area contributed by atoms with Gasteiger partial charge in [0.1, 0.15) is 12.4 Å². The van der Waals surface area contributed by atoms with Gasteiger partial charge in [-0.05, 0) is 25.0 Å². The number of para-hydroxylation sites is 2. The van der Waals surface area contributed by atoms with E-state index in [1.54, 1.807) is 0 Å². The van der Waals surface area contributed by atoms with Gasteiger partial charge in [-0.1, -0.05) is 12.1 Å². The Morgan fingerprint density at radius 1 is 1.37 bits per heavy atom. The van der Waals surface area contributed by atoms with Crippen LogP contribution in [0.5, 0.6) is 0 Å². The minimum atomic E-state index is -0.246. The topological polar surface area (TPSA) is 64.3 Å². The van der Waals surface area contributed by atoms with Crippen molar-refractivity contribution in [2.45, 2.75) is 32.9 Å². The Morgan fingerprint density at radius 2 is 2.16 bits per heavy atom. The summed E-state index contributed by atoms with van der Waals surface area (Å²) in [6.07, 6.45) is 1.68. The van der Waals surface area contributed by atoms with Gasteiger partial charge in [0.05, 0.1) is 17.6 Å². The molecule has 5 nitrogen and oxygen atoms in total. The minimum Gasteiger partial charge on any atom is -0.466 e. The van der Waals surface area contributed by atoms with Crippen molar-refractivity contribution in [2.24, 2.45) is 0 Å². The van der Waals surface area contributed by atoms with E-state index in [0.29, 0.717) is 12.4 Å². The quantitative estimate of drug-likeness (QED) is 0.637. The fraction of sp³-hybridized carbons (Fsp3) is 0.429. The maximum Gasteiger partial charge on any atom is 0.302 e. The smallest absolute Gasteiger partial charge is 0.302 e. The summed E-state index contributed by atoms with van der Waals surface area (Å²) in [7, 11) is 0. The zero-order chi connectivity index (χ0) is 13.7. The number of unbranched alkanes of at least 4 members (excludes halogenated alkanes) is 1. The third-order valence-electron chi connectivity index (χ3n) is 2.96. The molecule has 2 aromatic rings. The molecule has 2 rings (SSSR count). The van der Waals surface area contributed by atoms with Gasteiger partial charge >= 0.3 is 5.97 Å². The van der Waals surface area contributed by atoms with Crippen LogP contribution in [-0.4, -0.2) is 27.2 Å². The molecule has 1 N–H and O–H groups in total. The van der Waals surface area contributed by atoms with E-state index in [9.17, 15) is 9.90 Å². The number of hydrogen-bond donors (Lipinski definition) is 1. The van der Waals surface area contributed by atoms with Crippen molar-refractivity contribution in [3.63, 3.8) is 0 Å². The molecule has 1 aromatic heterocycles. The van der Waals surface area contributed by atoms with Gasteiger partial charge in [0.2, 0.25) is 0 Å². The predicted octanol–water partition coefficient (Wildman–Crippen LogP) is 1.87. The number of carbonyl (C=O) groups is 1. The Labute approximate surface area is 111 Å². The van der Waals surface area contributed by atoms with Gasteiger partial charge in [0.15, 0.2) is 0 Å². The van der Waals surface area contributed by atoms with E-state index in [2.05, 4.69) is 4.98 Å². The predicted molar refractivity (Wildman–Crippen MR) is 71.5 cm³/mol. The first kappa shape index (κ1) is 13.5. The van der Waals surface area contributed by atoms with Crippen molar-refractivity contribution in [3.05, 3.63) is 30.1 Å². The van der Waals surface area contributed by atoms with Crippen molar-refractivity contribution in [1.82, 2.24) is 9.55 Å². The van der Waals surface area contributed by atoms with Crippen LogP contribution in [-0.2, 0) is 22.7 Å². The van der Waals surface area contributed by atoms with Gasteiger partial charge < -0.3 is 14.4 Å². The second-order valence-corrected chi connectivity index (χ2v) is 4.37. The third-order valence-corrected chi connectivity index (χ3v) is 2.96. The Hall–Kier alpha value is -1.88. The normalized spacial score (nSPS) is 10.8. The van der Waals surface area contributed by atoms with Crippen LogP contribution in [0.3, 0.4) is 0 Å². The molecule has 0 amide bonds. The number of hydrogen-bond acceptors (Lipinski definition) is 4. The maximum atomic E-state index is 10.6. The average Bonchev–Trinajstić information content (AvgIpc) is 2.76. The Kier molecular flexibility index (Phi) is 4.52. The Balaban J connectivity index is 2.01. The number of esters is 1. The number of aliphatic hydroxyl groups excluding tert-OH is 1. The zero-order valence-electron chi connectivity index (χ0n) is 11.0. The van der Waals surface area contributed by atoms with Crippen molar-refractivity contribution >= 4 is 17.0 Å². The number of nitrogens with zero attached hydrogens (tertiary/aromatic N) is 2. The molecule has 19 heavy (non-hydrogen) atoms. The number of aromatic nitrogens is 2. The molecule has 0 atom stereocenters. The van der Waals surface area contributed by atoms with E-state index in [1.165, 1.54) is 6.92 Å². The van der Waals surface area contributed by atoms with Gasteiger partial charge in [-0.25, -0.2) is 4.98 Å². The van der Waals surface area contributed by atoms with Crippen molar-refractivity contribution in [1.29, 1.82) is 0 Å². The number of fused-ring (bicyclic) bond motifs is 1. The standard InChI is InChI=1S/C14H18N2O3/c1-11(18)19-9-5-4-8-16-13-7-3-2-6-12(13)15-14(16)10-17/h2-3,6-7,17H,4-5,8-10H2,1H3. The van der Waals surface area contributed by atoms with Crippen LogP contribution in [0.4, 0.5) is 0 Å². The highest BCUT2D eigenvalue weighted by Gasteiger charge is 2.08.